The molecule has 0 aliphatic rings. The zero-order valence-corrected chi connectivity index (χ0v) is 12.3. The molecule has 0 fully saturated rings. The third kappa shape index (κ3) is 4.40. The Bertz CT molecular complexity index is 626. The summed E-state index contributed by atoms with van der Waals surface area (Å²) in [5.41, 5.74) is 2.27. The summed E-state index contributed by atoms with van der Waals surface area (Å²) in [6.45, 7) is 1.89. The smallest absolute Gasteiger partial charge is 0.313 e. The summed E-state index contributed by atoms with van der Waals surface area (Å²) >= 11 is 1.46. The van der Waals surface area contributed by atoms with Crippen molar-refractivity contribution < 1.29 is 14.7 Å². The van der Waals surface area contributed by atoms with E-state index in [-0.39, 0.29) is 6.54 Å². The molecule has 21 heavy (non-hydrogen) atoms. The van der Waals surface area contributed by atoms with Crippen LogP contribution in [0.25, 0.3) is 0 Å². The summed E-state index contributed by atoms with van der Waals surface area (Å²) < 4.78 is 0. The lowest BCUT2D eigenvalue weighted by molar-refractivity contribution is -0.136. The molecule has 0 aliphatic carbocycles. The Hall–Kier alpha value is -2.18. The first kappa shape index (κ1) is 15.2. The first-order valence-electron chi connectivity index (χ1n) is 6.42. The molecule has 1 atom stereocenters. The summed E-state index contributed by atoms with van der Waals surface area (Å²) in [6.07, 6.45) is -0.813. The minimum absolute atomic E-state index is 0.00317. The van der Waals surface area contributed by atoms with Crippen LogP contribution >= 0.6 is 11.3 Å². The second kappa shape index (κ2) is 7.01. The number of amides is 2. The predicted octanol–water partition coefficient (Wildman–Crippen LogP) is 1.84. The van der Waals surface area contributed by atoms with Gasteiger partial charge in [-0.1, -0.05) is 12.1 Å². The average Bonchev–Trinajstić information content (AvgIpc) is 2.98. The minimum atomic E-state index is -0.813. The van der Waals surface area contributed by atoms with Gasteiger partial charge in [-0.05, 0) is 47.0 Å². The van der Waals surface area contributed by atoms with Gasteiger partial charge in [-0.3, -0.25) is 9.59 Å². The number of hydrogen-bond acceptors (Lipinski definition) is 4. The molecule has 6 heteroatoms. The molecule has 0 saturated heterocycles. The molecular formula is C15H16N2O3S. The Morgan fingerprint density at radius 3 is 2.76 bits per heavy atom. The molecule has 0 radical (unpaired) electrons. The maximum Gasteiger partial charge on any atom is 0.313 e. The van der Waals surface area contributed by atoms with Gasteiger partial charge in [0.1, 0.15) is 0 Å². The Balaban J connectivity index is 1.84. The average molecular weight is 304 g/mol. The number of aryl methyl sites for hydroxylation is 1. The standard InChI is InChI=1S/C15H16N2O3S/c1-10-3-2-4-12(7-10)17-15(20)14(19)16-8-13(18)11-5-6-21-9-11/h2-7,9,13,18H,8H2,1H3,(H,16,19)(H,17,20). The molecule has 2 rings (SSSR count). The van der Waals surface area contributed by atoms with Crippen LogP contribution in [0, 0.1) is 6.92 Å². The van der Waals surface area contributed by atoms with E-state index in [0.717, 1.165) is 11.1 Å². The molecule has 110 valence electrons. The molecule has 1 aromatic carbocycles. The van der Waals surface area contributed by atoms with Gasteiger partial charge in [-0.25, -0.2) is 0 Å². The van der Waals surface area contributed by atoms with Crippen LogP contribution in [0.1, 0.15) is 17.2 Å². The number of thiophene rings is 1. The van der Waals surface area contributed by atoms with Crippen LogP contribution in [0.3, 0.4) is 0 Å². The van der Waals surface area contributed by atoms with Crippen LogP contribution in [0.2, 0.25) is 0 Å². The third-order valence-electron chi connectivity index (χ3n) is 2.87. The Morgan fingerprint density at radius 1 is 1.29 bits per heavy atom. The molecule has 1 heterocycles. The van der Waals surface area contributed by atoms with E-state index >= 15 is 0 Å². The highest BCUT2D eigenvalue weighted by Crippen LogP contribution is 2.15. The monoisotopic (exact) mass is 304 g/mol. The largest absolute Gasteiger partial charge is 0.387 e. The van der Waals surface area contributed by atoms with Gasteiger partial charge < -0.3 is 15.7 Å². The second-order valence-corrected chi connectivity index (χ2v) is 5.39. The lowest BCUT2D eigenvalue weighted by Gasteiger charge is -2.10. The van der Waals surface area contributed by atoms with E-state index in [0.29, 0.717) is 5.69 Å². The molecule has 0 bridgehead atoms. The fraction of sp³-hybridized carbons (Fsp3) is 0.200. The van der Waals surface area contributed by atoms with Gasteiger partial charge in [0.15, 0.2) is 0 Å². The van der Waals surface area contributed by atoms with E-state index in [2.05, 4.69) is 10.6 Å². The number of carbonyl (C=O) groups is 2. The van der Waals surface area contributed by atoms with Crippen LogP contribution in [-0.2, 0) is 9.59 Å². The first-order valence-corrected chi connectivity index (χ1v) is 7.36. The van der Waals surface area contributed by atoms with Crippen LogP contribution in [-0.4, -0.2) is 23.5 Å². The normalized spacial score (nSPS) is 11.7. The zero-order valence-electron chi connectivity index (χ0n) is 11.5. The summed E-state index contributed by atoms with van der Waals surface area (Å²) in [6, 6.07) is 8.94. The van der Waals surface area contributed by atoms with Crippen molar-refractivity contribution in [2.24, 2.45) is 0 Å². The van der Waals surface area contributed by atoms with Gasteiger partial charge in [0.25, 0.3) is 0 Å². The molecule has 1 aromatic heterocycles. The second-order valence-electron chi connectivity index (χ2n) is 4.61. The van der Waals surface area contributed by atoms with Gasteiger partial charge in [0.05, 0.1) is 6.10 Å². The fourth-order valence-electron chi connectivity index (χ4n) is 1.76. The maximum atomic E-state index is 11.7. The van der Waals surface area contributed by atoms with Crippen molar-refractivity contribution in [3.8, 4) is 0 Å². The van der Waals surface area contributed by atoms with Gasteiger partial charge in [-0.15, -0.1) is 0 Å². The van der Waals surface area contributed by atoms with Crippen molar-refractivity contribution in [1.82, 2.24) is 5.32 Å². The summed E-state index contributed by atoms with van der Waals surface area (Å²) in [4.78, 5) is 23.4. The Morgan fingerprint density at radius 2 is 2.10 bits per heavy atom. The van der Waals surface area contributed by atoms with Gasteiger partial charge in [0, 0.05) is 12.2 Å². The van der Waals surface area contributed by atoms with Crippen molar-refractivity contribution >= 4 is 28.8 Å². The highest BCUT2D eigenvalue weighted by Gasteiger charge is 2.16. The fourth-order valence-corrected chi connectivity index (χ4v) is 2.47. The minimum Gasteiger partial charge on any atom is -0.387 e. The van der Waals surface area contributed by atoms with Crippen molar-refractivity contribution in [1.29, 1.82) is 0 Å². The molecule has 0 saturated carbocycles. The predicted molar refractivity (Wildman–Crippen MR) is 82.1 cm³/mol. The number of anilines is 1. The van der Waals surface area contributed by atoms with E-state index in [4.69, 9.17) is 0 Å². The van der Waals surface area contributed by atoms with Gasteiger partial charge >= 0.3 is 11.8 Å². The number of aliphatic hydroxyl groups excluding tert-OH is 1. The topological polar surface area (TPSA) is 78.4 Å². The SMILES string of the molecule is Cc1cccc(NC(=O)C(=O)NCC(O)c2ccsc2)c1. The van der Waals surface area contributed by atoms with E-state index in [1.165, 1.54) is 11.3 Å². The quantitative estimate of drug-likeness (QED) is 0.754. The maximum absolute atomic E-state index is 11.7. The highest BCUT2D eigenvalue weighted by atomic mass is 32.1. The van der Waals surface area contributed by atoms with E-state index in [9.17, 15) is 14.7 Å². The number of hydrogen-bond donors (Lipinski definition) is 3. The van der Waals surface area contributed by atoms with E-state index < -0.39 is 17.9 Å². The summed E-state index contributed by atoms with van der Waals surface area (Å²) in [5.74, 6) is -1.52. The number of nitrogens with one attached hydrogen (secondary N) is 2. The van der Waals surface area contributed by atoms with Crippen LogP contribution in [0.5, 0.6) is 0 Å². The van der Waals surface area contributed by atoms with Crippen LogP contribution in [0.4, 0.5) is 5.69 Å². The number of carbonyl (C=O) groups excluding carboxylic acids is 2. The first-order chi connectivity index (χ1) is 10.1. The third-order valence-corrected chi connectivity index (χ3v) is 3.57. The molecule has 0 spiro atoms. The van der Waals surface area contributed by atoms with Gasteiger partial charge in [0.2, 0.25) is 0 Å². The lowest BCUT2D eigenvalue weighted by Crippen LogP contribution is -2.37. The highest BCUT2D eigenvalue weighted by molar-refractivity contribution is 7.07. The van der Waals surface area contributed by atoms with Crippen molar-refractivity contribution in [3.05, 3.63) is 52.2 Å². The zero-order chi connectivity index (χ0) is 15.2. The van der Waals surface area contributed by atoms with Crippen molar-refractivity contribution in [3.63, 3.8) is 0 Å². The molecule has 0 aliphatic heterocycles. The molecule has 5 nitrogen and oxygen atoms in total. The molecular weight excluding hydrogens is 288 g/mol. The van der Waals surface area contributed by atoms with Crippen LogP contribution in [0.15, 0.2) is 41.1 Å². The molecule has 1 unspecified atom stereocenters. The van der Waals surface area contributed by atoms with E-state index in [1.807, 2.05) is 18.4 Å². The lowest BCUT2D eigenvalue weighted by atomic mass is 10.2. The van der Waals surface area contributed by atoms with Gasteiger partial charge in [-0.2, -0.15) is 11.3 Å². The molecule has 2 aromatic rings. The summed E-state index contributed by atoms with van der Waals surface area (Å²) in [7, 11) is 0. The number of rotatable bonds is 4. The Labute approximate surface area is 126 Å². The summed E-state index contributed by atoms with van der Waals surface area (Å²) in [5, 5.41) is 18.4. The van der Waals surface area contributed by atoms with E-state index in [1.54, 1.807) is 29.6 Å². The Kier molecular flexibility index (Phi) is 5.08. The van der Waals surface area contributed by atoms with Crippen LogP contribution < -0.4 is 10.6 Å². The van der Waals surface area contributed by atoms with Crippen molar-refractivity contribution in [2.45, 2.75) is 13.0 Å². The number of aliphatic hydroxyl groups is 1. The number of benzene rings is 1. The van der Waals surface area contributed by atoms with Crippen molar-refractivity contribution in [2.75, 3.05) is 11.9 Å². The molecule has 3 N–H and O–H groups in total. The molecule has 2 amide bonds.